The Morgan fingerprint density at radius 2 is 2.31 bits per heavy atom. The van der Waals surface area contributed by atoms with Crippen LogP contribution in [0.1, 0.15) is 5.76 Å². The molecular formula is C9H9N3O. The molecule has 0 unspecified atom stereocenters. The Hall–Kier alpha value is -1.68. The van der Waals surface area contributed by atoms with Gasteiger partial charge in [0.15, 0.2) is 0 Å². The summed E-state index contributed by atoms with van der Waals surface area (Å²) in [5.74, 6) is 0.737. The van der Waals surface area contributed by atoms with Gasteiger partial charge in [0.2, 0.25) is 0 Å². The third-order valence-electron chi connectivity index (χ3n) is 1.77. The number of rotatable bonds is 2. The third-order valence-corrected chi connectivity index (χ3v) is 1.77. The van der Waals surface area contributed by atoms with Gasteiger partial charge in [-0.3, -0.25) is 9.97 Å². The molecule has 2 aromatic rings. The van der Waals surface area contributed by atoms with Gasteiger partial charge in [-0.2, -0.15) is 0 Å². The molecule has 2 heterocycles. The third kappa shape index (κ3) is 1.43. The van der Waals surface area contributed by atoms with E-state index in [4.69, 9.17) is 10.2 Å². The van der Waals surface area contributed by atoms with Gasteiger partial charge < -0.3 is 10.2 Å². The van der Waals surface area contributed by atoms with Crippen molar-refractivity contribution in [1.29, 1.82) is 0 Å². The van der Waals surface area contributed by atoms with Crippen molar-refractivity contribution in [3.8, 4) is 11.3 Å². The van der Waals surface area contributed by atoms with E-state index in [1.165, 1.54) is 0 Å². The summed E-state index contributed by atoms with van der Waals surface area (Å²) >= 11 is 0. The summed E-state index contributed by atoms with van der Waals surface area (Å²) in [4.78, 5) is 8.12. The molecule has 0 aromatic carbocycles. The van der Waals surface area contributed by atoms with Crippen LogP contribution in [0.2, 0.25) is 0 Å². The van der Waals surface area contributed by atoms with Crippen LogP contribution in [-0.4, -0.2) is 9.97 Å². The molecule has 13 heavy (non-hydrogen) atoms. The quantitative estimate of drug-likeness (QED) is 0.744. The molecule has 0 saturated heterocycles. The Labute approximate surface area is 75.4 Å². The molecule has 2 N–H and O–H groups in total. The maximum Gasteiger partial charge on any atom is 0.126 e. The average Bonchev–Trinajstić information content (AvgIpc) is 2.67. The predicted octanol–water partition coefficient (Wildman–Crippen LogP) is 1.20. The van der Waals surface area contributed by atoms with Gasteiger partial charge in [-0.15, -0.1) is 0 Å². The van der Waals surface area contributed by atoms with E-state index in [1.54, 1.807) is 24.9 Å². The second kappa shape index (κ2) is 3.37. The van der Waals surface area contributed by atoms with Crippen LogP contribution in [0.4, 0.5) is 0 Å². The van der Waals surface area contributed by atoms with Crippen molar-refractivity contribution in [1.82, 2.24) is 9.97 Å². The summed E-state index contributed by atoms with van der Waals surface area (Å²) in [5, 5.41) is 0. The summed E-state index contributed by atoms with van der Waals surface area (Å²) in [6.45, 7) is 0.374. The lowest BCUT2D eigenvalue weighted by molar-refractivity contribution is 0.513. The first kappa shape index (κ1) is 7.94. The van der Waals surface area contributed by atoms with E-state index in [0.29, 0.717) is 6.54 Å². The fraction of sp³-hybridized carbons (Fsp3) is 0.111. The second-order valence-corrected chi connectivity index (χ2v) is 2.55. The highest BCUT2D eigenvalue weighted by Gasteiger charge is 2.07. The van der Waals surface area contributed by atoms with Crippen LogP contribution in [0.5, 0.6) is 0 Å². The Balaban J connectivity index is 2.47. The summed E-state index contributed by atoms with van der Waals surface area (Å²) in [7, 11) is 0. The Morgan fingerprint density at radius 1 is 1.38 bits per heavy atom. The zero-order chi connectivity index (χ0) is 9.10. The van der Waals surface area contributed by atoms with Gasteiger partial charge in [-0.1, -0.05) is 0 Å². The van der Waals surface area contributed by atoms with Crippen molar-refractivity contribution in [2.45, 2.75) is 6.54 Å². The normalized spacial score (nSPS) is 10.2. The molecule has 0 aliphatic carbocycles. The molecule has 0 radical (unpaired) electrons. The van der Waals surface area contributed by atoms with E-state index in [1.807, 2.05) is 6.07 Å². The minimum absolute atomic E-state index is 0.374. The lowest BCUT2D eigenvalue weighted by Crippen LogP contribution is -1.96. The molecule has 0 aliphatic rings. The van der Waals surface area contributed by atoms with Gasteiger partial charge in [-0.25, -0.2) is 0 Å². The number of hydrogen-bond donors (Lipinski definition) is 1. The largest absolute Gasteiger partial charge is 0.467 e. The highest BCUT2D eigenvalue weighted by molar-refractivity contribution is 5.59. The van der Waals surface area contributed by atoms with Crippen LogP contribution in [0.3, 0.4) is 0 Å². The molecular weight excluding hydrogens is 166 g/mol. The topological polar surface area (TPSA) is 64.9 Å². The summed E-state index contributed by atoms with van der Waals surface area (Å²) in [6.07, 6.45) is 6.56. The molecule has 0 bridgehead atoms. The maximum absolute atomic E-state index is 5.49. The van der Waals surface area contributed by atoms with E-state index < -0.39 is 0 Å². The van der Waals surface area contributed by atoms with E-state index >= 15 is 0 Å². The lowest BCUT2D eigenvalue weighted by atomic mass is 10.2. The van der Waals surface area contributed by atoms with E-state index in [0.717, 1.165) is 17.0 Å². The zero-order valence-corrected chi connectivity index (χ0v) is 6.97. The monoisotopic (exact) mass is 175 g/mol. The molecule has 4 heteroatoms. The molecule has 0 spiro atoms. The van der Waals surface area contributed by atoms with Gasteiger partial charge in [0, 0.05) is 18.0 Å². The summed E-state index contributed by atoms with van der Waals surface area (Å²) in [5.41, 5.74) is 7.19. The van der Waals surface area contributed by atoms with Gasteiger partial charge in [0.1, 0.15) is 5.76 Å². The highest BCUT2D eigenvalue weighted by Crippen LogP contribution is 2.21. The number of furan rings is 1. The smallest absolute Gasteiger partial charge is 0.126 e. The fourth-order valence-corrected chi connectivity index (χ4v) is 1.17. The molecule has 0 fully saturated rings. The minimum atomic E-state index is 0.374. The van der Waals surface area contributed by atoms with Crippen LogP contribution in [0.25, 0.3) is 11.3 Å². The molecule has 0 aliphatic heterocycles. The molecule has 0 saturated carbocycles. The first-order chi connectivity index (χ1) is 6.42. The average molecular weight is 175 g/mol. The Kier molecular flexibility index (Phi) is 2.06. The van der Waals surface area contributed by atoms with Gasteiger partial charge >= 0.3 is 0 Å². The predicted molar refractivity (Wildman–Crippen MR) is 47.6 cm³/mol. The molecule has 2 aromatic heterocycles. The number of hydrogen-bond acceptors (Lipinski definition) is 4. The first-order valence-corrected chi connectivity index (χ1v) is 3.94. The van der Waals surface area contributed by atoms with Crippen molar-refractivity contribution in [2.24, 2.45) is 5.73 Å². The van der Waals surface area contributed by atoms with Gasteiger partial charge in [0.25, 0.3) is 0 Å². The second-order valence-electron chi connectivity index (χ2n) is 2.55. The minimum Gasteiger partial charge on any atom is -0.467 e. The van der Waals surface area contributed by atoms with Crippen molar-refractivity contribution >= 4 is 0 Å². The van der Waals surface area contributed by atoms with Crippen LogP contribution < -0.4 is 5.73 Å². The van der Waals surface area contributed by atoms with Crippen molar-refractivity contribution in [2.75, 3.05) is 0 Å². The fourth-order valence-electron chi connectivity index (χ4n) is 1.17. The van der Waals surface area contributed by atoms with Crippen LogP contribution in [0, 0.1) is 0 Å². The zero-order valence-electron chi connectivity index (χ0n) is 6.97. The standard InChI is InChI=1S/C9H9N3O/c10-5-9-7(1-4-13-9)8-6-11-2-3-12-8/h1-4,6H,5,10H2. The lowest BCUT2D eigenvalue weighted by Gasteiger charge is -1.97. The Morgan fingerprint density at radius 3 is 3.00 bits per heavy atom. The van der Waals surface area contributed by atoms with E-state index in [9.17, 15) is 0 Å². The van der Waals surface area contributed by atoms with Crippen LogP contribution in [-0.2, 0) is 6.54 Å². The van der Waals surface area contributed by atoms with Crippen LogP contribution in [0.15, 0.2) is 35.3 Å². The van der Waals surface area contributed by atoms with Crippen molar-refractivity contribution in [3.05, 3.63) is 36.7 Å². The highest BCUT2D eigenvalue weighted by atomic mass is 16.3. The van der Waals surface area contributed by atoms with Crippen LogP contribution >= 0.6 is 0 Å². The molecule has 0 amide bonds. The SMILES string of the molecule is NCc1occc1-c1cnccn1. The number of aromatic nitrogens is 2. The summed E-state index contributed by atoms with van der Waals surface area (Å²) in [6, 6.07) is 1.84. The number of nitrogens with two attached hydrogens (primary N) is 1. The molecule has 4 nitrogen and oxygen atoms in total. The van der Waals surface area contributed by atoms with Crippen molar-refractivity contribution in [3.63, 3.8) is 0 Å². The van der Waals surface area contributed by atoms with E-state index in [-0.39, 0.29) is 0 Å². The molecule has 0 atom stereocenters. The van der Waals surface area contributed by atoms with E-state index in [2.05, 4.69) is 9.97 Å². The Bertz CT molecular complexity index is 383. The maximum atomic E-state index is 5.49. The van der Waals surface area contributed by atoms with Gasteiger partial charge in [-0.05, 0) is 6.07 Å². The first-order valence-electron chi connectivity index (χ1n) is 3.94. The molecule has 66 valence electrons. The van der Waals surface area contributed by atoms with Crippen molar-refractivity contribution < 1.29 is 4.42 Å². The number of nitrogens with zero attached hydrogens (tertiary/aromatic N) is 2. The molecule has 2 rings (SSSR count). The van der Waals surface area contributed by atoms with Gasteiger partial charge in [0.05, 0.1) is 24.7 Å². The summed E-state index contributed by atoms with van der Waals surface area (Å²) < 4.78 is 5.18.